The summed E-state index contributed by atoms with van der Waals surface area (Å²) in [7, 11) is 0. The lowest BCUT2D eigenvalue weighted by molar-refractivity contribution is 0.340. The second-order valence-corrected chi connectivity index (χ2v) is 6.34. The van der Waals surface area contributed by atoms with E-state index in [1.165, 1.54) is 0 Å². The highest BCUT2D eigenvalue weighted by atomic mass is 35.5. The molecular weight excluding hydrogens is 379 g/mol. The number of benzene rings is 2. The SMILES string of the molecule is CCOc1ccc(C=NN2C(=S)N=NC2c2ccc(Cl)cc2Cl)cc1. The molecule has 1 heterocycles. The van der Waals surface area contributed by atoms with Gasteiger partial charge >= 0.3 is 0 Å². The summed E-state index contributed by atoms with van der Waals surface area (Å²) in [4.78, 5) is 0. The van der Waals surface area contributed by atoms with Gasteiger partial charge in [-0.05, 0) is 61.1 Å². The lowest BCUT2D eigenvalue weighted by Crippen LogP contribution is -2.22. The average molecular weight is 393 g/mol. The first-order valence-corrected chi connectivity index (χ1v) is 8.70. The van der Waals surface area contributed by atoms with Crippen LogP contribution in [-0.2, 0) is 0 Å². The number of nitrogens with zero attached hydrogens (tertiary/aromatic N) is 4. The summed E-state index contributed by atoms with van der Waals surface area (Å²) in [5, 5.41) is 15.4. The molecule has 0 fully saturated rings. The molecule has 0 aromatic heterocycles. The van der Waals surface area contributed by atoms with Crippen molar-refractivity contribution in [3.05, 3.63) is 63.6 Å². The van der Waals surface area contributed by atoms with Crippen LogP contribution in [0.3, 0.4) is 0 Å². The number of azo groups is 1. The van der Waals surface area contributed by atoms with E-state index in [2.05, 4.69) is 15.3 Å². The smallest absolute Gasteiger partial charge is 0.238 e. The highest BCUT2D eigenvalue weighted by Crippen LogP contribution is 2.34. The maximum atomic E-state index is 6.27. The number of hydrogen-bond donors (Lipinski definition) is 0. The van der Waals surface area contributed by atoms with Gasteiger partial charge in [0.1, 0.15) is 5.75 Å². The molecule has 0 bridgehead atoms. The van der Waals surface area contributed by atoms with Crippen LogP contribution >= 0.6 is 35.4 Å². The zero-order chi connectivity index (χ0) is 17.8. The molecule has 0 saturated carbocycles. The first-order valence-electron chi connectivity index (χ1n) is 7.54. The van der Waals surface area contributed by atoms with Crippen LogP contribution in [0.25, 0.3) is 0 Å². The van der Waals surface area contributed by atoms with Gasteiger partial charge in [-0.15, -0.1) is 5.11 Å². The van der Waals surface area contributed by atoms with E-state index in [4.69, 9.17) is 40.2 Å². The number of hydrogen-bond acceptors (Lipinski definition) is 4. The van der Waals surface area contributed by atoms with Crippen molar-refractivity contribution in [2.45, 2.75) is 13.1 Å². The van der Waals surface area contributed by atoms with Crippen molar-refractivity contribution in [1.29, 1.82) is 0 Å². The van der Waals surface area contributed by atoms with Gasteiger partial charge in [0.15, 0.2) is 6.17 Å². The highest BCUT2D eigenvalue weighted by Gasteiger charge is 2.29. The molecule has 0 radical (unpaired) electrons. The monoisotopic (exact) mass is 392 g/mol. The lowest BCUT2D eigenvalue weighted by atomic mass is 10.2. The Morgan fingerprint density at radius 1 is 1.24 bits per heavy atom. The molecule has 1 atom stereocenters. The fourth-order valence-electron chi connectivity index (χ4n) is 2.27. The van der Waals surface area contributed by atoms with E-state index in [0.717, 1.165) is 16.9 Å². The number of hydrazone groups is 1. The molecule has 1 aliphatic rings. The fourth-order valence-corrected chi connectivity index (χ4v) is 2.97. The molecule has 0 amide bonds. The van der Waals surface area contributed by atoms with Gasteiger partial charge in [-0.25, -0.2) is 5.01 Å². The summed E-state index contributed by atoms with van der Waals surface area (Å²) >= 11 is 17.4. The van der Waals surface area contributed by atoms with Crippen LogP contribution in [0.15, 0.2) is 57.8 Å². The minimum absolute atomic E-state index is 0.276. The molecule has 2 aromatic carbocycles. The molecule has 0 aliphatic carbocycles. The topological polar surface area (TPSA) is 49.5 Å². The second kappa shape index (κ2) is 7.91. The third-order valence-corrected chi connectivity index (χ3v) is 4.27. The highest BCUT2D eigenvalue weighted by molar-refractivity contribution is 7.80. The Balaban J connectivity index is 1.80. The zero-order valence-electron chi connectivity index (χ0n) is 13.3. The summed E-state index contributed by atoms with van der Waals surface area (Å²) in [5.74, 6) is 0.812. The molecule has 0 N–H and O–H groups in total. The van der Waals surface area contributed by atoms with Crippen LogP contribution in [0.2, 0.25) is 10.0 Å². The van der Waals surface area contributed by atoms with Crippen LogP contribution in [0.5, 0.6) is 5.75 Å². The van der Waals surface area contributed by atoms with Gasteiger partial charge in [0.2, 0.25) is 5.11 Å². The Morgan fingerprint density at radius 3 is 2.68 bits per heavy atom. The Morgan fingerprint density at radius 2 is 2.00 bits per heavy atom. The van der Waals surface area contributed by atoms with Crippen molar-refractivity contribution in [3.63, 3.8) is 0 Å². The number of thiocarbonyl (C=S) groups is 1. The van der Waals surface area contributed by atoms with Gasteiger partial charge in [0, 0.05) is 15.6 Å². The van der Waals surface area contributed by atoms with Crippen LogP contribution in [0, 0.1) is 0 Å². The van der Waals surface area contributed by atoms with E-state index >= 15 is 0 Å². The molecule has 0 spiro atoms. The lowest BCUT2D eigenvalue weighted by Gasteiger charge is -2.18. The molecule has 5 nitrogen and oxygen atoms in total. The Kier molecular flexibility index (Phi) is 5.63. The minimum Gasteiger partial charge on any atom is -0.494 e. The number of halogens is 2. The van der Waals surface area contributed by atoms with E-state index < -0.39 is 6.17 Å². The van der Waals surface area contributed by atoms with E-state index in [0.29, 0.717) is 16.7 Å². The van der Waals surface area contributed by atoms with Gasteiger partial charge < -0.3 is 4.74 Å². The van der Waals surface area contributed by atoms with Crippen molar-refractivity contribution in [2.75, 3.05) is 6.61 Å². The predicted molar refractivity (Wildman–Crippen MR) is 104 cm³/mol. The van der Waals surface area contributed by atoms with Crippen molar-refractivity contribution in [3.8, 4) is 5.75 Å². The molecule has 25 heavy (non-hydrogen) atoms. The van der Waals surface area contributed by atoms with Gasteiger partial charge in [-0.3, -0.25) is 0 Å². The summed E-state index contributed by atoms with van der Waals surface area (Å²) in [6.07, 6.45) is 1.19. The van der Waals surface area contributed by atoms with Crippen LogP contribution < -0.4 is 4.74 Å². The summed E-state index contributed by atoms with van der Waals surface area (Å²) < 4.78 is 5.42. The van der Waals surface area contributed by atoms with Crippen LogP contribution in [0.4, 0.5) is 0 Å². The van der Waals surface area contributed by atoms with Crippen molar-refractivity contribution >= 4 is 46.7 Å². The summed E-state index contributed by atoms with van der Waals surface area (Å²) in [5.41, 5.74) is 1.64. The second-order valence-electron chi connectivity index (χ2n) is 5.13. The molecule has 1 unspecified atom stereocenters. The van der Waals surface area contributed by atoms with Crippen molar-refractivity contribution < 1.29 is 4.74 Å². The molecule has 0 saturated heterocycles. The minimum atomic E-state index is -0.504. The van der Waals surface area contributed by atoms with Crippen molar-refractivity contribution in [2.24, 2.45) is 15.3 Å². The Hall–Kier alpha value is -2.02. The number of rotatable bonds is 5. The van der Waals surface area contributed by atoms with Crippen LogP contribution in [0.1, 0.15) is 24.2 Å². The average Bonchev–Trinajstić information content (AvgIpc) is 2.95. The van der Waals surface area contributed by atoms with Crippen LogP contribution in [-0.4, -0.2) is 22.9 Å². The largest absolute Gasteiger partial charge is 0.494 e. The first-order chi connectivity index (χ1) is 12.1. The molecule has 8 heteroatoms. The van der Waals surface area contributed by atoms with Gasteiger partial charge in [-0.1, -0.05) is 29.3 Å². The first kappa shape index (κ1) is 17.8. The van der Waals surface area contributed by atoms with E-state index in [9.17, 15) is 0 Å². The molecule has 128 valence electrons. The molecule has 1 aliphatic heterocycles. The third kappa shape index (κ3) is 4.15. The van der Waals surface area contributed by atoms with E-state index in [-0.39, 0.29) is 5.11 Å². The van der Waals surface area contributed by atoms with Gasteiger partial charge in [-0.2, -0.15) is 10.2 Å². The van der Waals surface area contributed by atoms with Gasteiger partial charge in [0.05, 0.1) is 12.8 Å². The third-order valence-electron chi connectivity index (χ3n) is 3.44. The normalized spacial score (nSPS) is 16.8. The molecular formula is C17H14Cl2N4OS. The summed E-state index contributed by atoms with van der Waals surface area (Å²) in [6, 6.07) is 12.8. The Bertz CT molecular complexity index is 839. The summed E-state index contributed by atoms with van der Waals surface area (Å²) in [6.45, 7) is 2.57. The van der Waals surface area contributed by atoms with E-state index in [1.54, 1.807) is 29.4 Å². The maximum Gasteiger partial charge on any atom is 0.238 e. The molecule has 2 aromatic rings. The van der Waals surface area contributed by atoms with Crippen molar-refractivity contribution in [1.82, 2.24) is 5.01 Å². The quantitative estimate of drug-likeness (QED) is 0.499. The number of ether oxygens (including phenoxy) is 1. The Labute approximate surface area is 160 Å². The maximum absolute atomic E-state index is 6.27. The zero-order valence-corrected chi connectivity index (χ0v) is 15.6. The fraction of sp³-hybridized carbons (Fsp3) is 0.176. The predicted octanol–water partition coefficient (Wildman–Crippen LogP) is 5.48. The standard InChI is InChI=1S/C17H14Cl2N4OS/c1-2-24-13-6-3-11(4-7-13)10-20-23-16(21-22-17(23)25)14-8-5-12(18)9-15(14)19/h3-10,16H,2H2,1H3. The van der Waals surface area contributed by atoms with E-state index in [1.807, 2.05) is 31.2 Å². The molecule has 3 rings (SSSR count). The van der Waals surface area contributed by atoms with Gasteiger partial charge in [0.25, 0.3) is 0 Å².